The number of fused-ring (bicyclic) bond motifs is 1. The molecule has 174 valence electrons. The number of nitrogens with zero attached hydrogens (tertiary/aromatic N) is 2. The van der Waals surface area contributed by atoms with Gasteiger partial charge in [0.15, 0.2) is 5.78 Å². The molecule has 2 amide bonds. The maximum absolute atomic E-state index is 13.9. The fourth-order valence-corrected chi connectivity index (χ4v) is 3.69. The monoisotopic (exact) mass is 464 g/mol. The summed E-state index contributed by atoms with van der Waals surface area (Å²) in [5, 5.41) is 0. The summed E-state index contributed by atoms with van der Waals surface area (Å²) >= 11 is 0. The van der Waals surface area contributed by atoms with Crippen LogP contribution >= 0.6 is 0 Å². The average molecular weight is 465 g/mol. The molecule has 0 fully saturated rings. The number of hydrogen-bond acceptors (Lipinski definition) is 5. The van der Waals surface area contributed by atoms with Gasteiger partial charge in [0.2, 0.25) is 5.78 Å². The normalized spacial score (nSPS) is 14.2. The molecule has 1 aliphatic rings. The second kappa shape index (κ2) is 9.43. The van der Waals surface area contributed by atoms with Crippen molar-refractivity contribution >= 4 is 29.6 Å². The van der Waals surface area contributed by atoms with Crippen LogP contribution in [0.1, 0.15) is 62.2 Å². The lowest BCUT2D eigenvalue weighted by Crippen LogP contribution is -2.35. The van der Waals surface area contributed by atoms with Gasteiger partial charge in [0.25, 0.3) is 11.8 Å². The van der Waals surface area contributed by atoms with E-state index in [1.54, 1.807) is 72.8 Å². The highest BCUT2D eigenvalue weighted by atomic mass is 16.2. The van der Waals surface area contributed by atoms with Gasteiger partial charge < -0.3 is 0 Å². The van der Waals surface area contributed by atoms with Gasteiger partial charge in [-0.2, -0.15) is 0 Å². The van der Waals surface area contributed by atoms with Crippen molar-refractivity contribution in [1.82, 2.24) is 4.90 Å². The molecule has 0 atom stereocenters. The number of carbonyl (C=O) groups is 4. The van der Waals surface area contributed by atoms with Crippen LogP contribution in [0.2, 0.25) is 0 Å². The standard InChI is InChI=1S/C29H24N2O4/c1-29(2,3)30-18-23(25(32)19-12-6-4-7-13-19)24(26(33)20-14-8-5-9-15-20)31-27(34)21-16-10-11-17-22(21)28(31)35/h4-18H,1-3H3/b24-23-,30-18?. The first-order chi connectivity index (χ1) is 16.7. The zero-order chi connectivity index (χ0) is 25.2. The molecule has 0 radical (unpaired) electrons. The van der Waals surface area contributed by atoms with Gasteiger partial charge in [-0.3, -0.25) is 24.2 Å². The minimum Gasteiger partial charge on any atom is -0.288 e. The van der Waals surface area contributed by atoms with Crippen LogP contribution in [0.25, 0.3) is 0 Å². The van der Waals surface area contributed by atoms with E-state index in [0.29, 0.717) is 5.56 Å². The van der Waals surface area contributed by atoms with Crippen molar-refractivity contribution in [3.8, 4) is 0 Å². The van der Waals surface area contributed by atoms with Crippen molar-refractivity contribution in [2.75, 3.05) is 0 Å². The zero-order valence-electron chi connectivity index (χ0n) is 19.7. The van der Waals surface area contributed by atoms with Crippen molar-refractivity contribution in [3.63, 3.8) is 0 Å². The Balaban J connectivity index is 2.01. The van der Waals surface area contributed by atoms with Crippen LogP contribution in [0.3, 0.4) is 0 Å². The summed E-state index contributed by atoms with van der Waals surface area (Å²) in [4.78, 5) is 59.7. The smallest absolute Gasteiger partial charge is 0.266 e. The Morgan fingerprint density at radius 2 is 1.11 bits per heavy atom. The molecule has 0 saturated heterocycles. The Kier molecular flexibility index (Phi) is 6.38. The van der Waals surface area contributed by atoms with E-state index >= 15 is 0 Å². The van der Waals surface area contributed by atoms with Crippen LogP contribution in [-0.2, 0) is 0 Å². The predicted molar refractivity (Wildman–Crippen MR) is 134 cm³/mol. The molecule has 0 aliphatic carbocycles. The Bertz CT molecular complexity index is 1350. The van der Waals surface area contributed by atoms with Crippen molar-refractivity contribution in [3.05, 3.63) is 118 Å². The number of rotatable bonds is 6. The van der Waals surface area contributed by atoms with Crippen LogP contribution in [0.15, 0.2) is 101 Å². The van der Waals surface area contributed by atoms with Crippen molar-refractivity contribution in [2.24, 2.45) is 4.99 Å². The van der Waals surface area contributed by atoms with Crippen LogP contribution in [0.5, 0.6) is 0 Å². The number of amides is 2. The lowest BCUT2D eigenvalue weighted by molar-refractivity contribution is 0.0677. The minimum absolute atomic E-state index is 0.130. The number of benzene rings is 3. The third-order valence-electron chi connectivity index (χ3n) is 5.39. The van der Waals surface area contributed by atoms with Crippen molar-refractivity contribution in [2.45, 2.75) is 26.3 Å². The molecule has 3 aromatic rings. The van der Waals surface area contributed by atoms with Crippen LogP contribution in [0.4, 0.5) is 0 Å². The van der Waals surface area contributed by atoms with E-state index in [0.717, 1.165) is 4.90 Å². The molecule has 1 aliphatic heterocycles. The van der Waals surface area contributed by atoms with E-state index < -0.39 is 28.9 Å². The van der Waals surface area contributed by atoms with Crippen LogP contribution in [-0.4, -0.2) is 40.0 Å². The molecule has 6 heteroatoms. The minimum atomic E-state index is -0.660. The molecular weight excluding hydrogens is 440 g/mol. The Morgan fingerprint density at radius 1 is 0.686 bits per heavy atom. The second-order valence-electron chi connectivity index (χ2n) is 9.07. The molecule has 3 aromatic carbocycles. The highest BCUT2D eigenvalue weighted by Crippen LogP contribution is 2.30. The second-order valence-corrected chi connectivity index (χ2v) is 9.07. The summed E-state index contributed by atoms with van der Waals surface area (Å²) in [5.41, 5.74) is -0.131. The van der Waals surface area contributed by atoms with Gasteiger partial charge in [0.05, 0.1) is 22.2 Å². The Hall–Kier alpha value is -4.45. The van der Waals surface area contributed by atoms with E-state index in [4.69, 9.17) is 0 Å². The van der Waals surface area contributed by atoms with E-state index in [1.165, 1.54) is 18.3 Å². The number of allylic oxidation sites excluding steroid dienone is 2. The van der Waals surface area contributed by atoms with E-state index in [1.807, 2.05) is 20.8 Å². The summed E-state index contributed by atoms with van der Waals surface area (Å²) in [6.07, 6.45) is 1.30. The molecule has 0 spiro atoms. The molecule has 0 N–H and O–H groups in total. The third-order valence-corrected chi connectivity index (χ3v) is 5.39. The summed E-state index contributed by atoms with van der Waals surface area (Å²) in [5.74, 6) is -2.46. The predicted octanol–water partition coefficient (Wildman–Crippen LogP) is 5.17. The van der Waals surface area contributed by atoms with Gasteiger partial charge in [-0.05, 0) is 32.9 Å². The van der Waals surface area contributed by atoms with Gasteiger partial charge in [-0.25, -0.2) is 4.90 Å². The summed E-state index contributed by atoms with van der Waals surface area (Å²) in [6, 6.07) is 23.0. The number of carbonyl (C=O) groups excluding carboxylic acids is 4. The van der Waals surface area contributed by atoms with E-state index in [-0.39, 0.29) is 28.0 Å². The van der Waals surface area contributed by atoms with E-state index in [9.17, 15) is 19.2 Å². The zero-order valence-corrected chi connectivity index (χ0v) is 19.7. The highest BCUT2D eigenvalue weighted by Gasteiger charge is 2.42. The number of ketones is 2. The molecule has 4 rings (SSSR count). The first-order valence-electron chi connectivity index (χ1n) is 11.2. The van der Waals surface area contributed by atoms with Crippen LogP contribution in [0, 0.1) is 0 Å². The highest BCUT2D eigenvalue weighted by molar-refractivity contribution is 6.32. The van der Waals surface area contributed by atoms with E-state index in [2.05, 4.69) is 4.99 Å². The first-order valence-corrected chi connectivity index (χ1v) is 11.2. The Labute approximate surface area is 203 Å². The van der Waals surface area contributed by atoms with Crippen molar-refractivity contribution < 1.29 is 19.2 Å². The molecule has 0 aromatic heterocycles. The maximum atomic E-state index is 13.9. The summed E-state index contributed by atoms with van der Waals surface area (Å²) in [6.45, 7) is 5.53. The largest absolute Gasteiger partial charge is 0.288 e. The lowest BCUT2D eigenvalue weighted by atomic mass is 9.96. The fraction of sp³-hybridized carbons (Fsp3) is 0.138. The van der Waals surface area contributed by atoms with Crippen LogP contribution < -0.4 is 0 Å². The number of hydrogen-bond donors (Lipinski definition) is 0. The quantitative estimate of drug-likeness (QED) is 0.218. The lowest BCUT2D eigenvalue weighted by Gasteiger charge is -2.21. The molecule has 0 saturated carbocycles. The number of Topliss-reactive ketones (excluding diaryl/α,β-unsaturated/α-hetero) is 2. The molecule has 6 nitrogen and oxygen atoms in total. The summed E-state index contributed by atoms with van der Waals surface area (Å²) in [7, 11) is 0. The summed E-state index contributed by atoms with van der Waals surface area (Å²) < 4.78 is 0. The molecule has 35 heavy (non-hydrogen) atoms. The topological polar surface area (TPSA) is 83.9 Å². The number of aliphatic imine (C=N–C) groups is 1. The number of imide groups is 1. The van der Waals surface area contributed by atoms with Gasteiger partial charge >= 0.3 is 0 Å². The van der Waals surface area contributed by atoms with Crippen molar-refractivity contribution in [1.29, 1.82) is 0 Å². The molecule has 0 unspecified atom stereocenters. The molecule has 1 heterocycles. The van der Waals surface area contributed by atoms with Gasteiger partial charge in [0.1, 0.15) is 5.70 Å². The Morgan fingerprint density at radius 3 is 1.57 bits per heavy atom. The first kappa shape index (κ1) is 23.7. The molecule has 0 bridgehead atoms. The SMILES string of the molecule is CC(C)(C)N=C/C(C(=O)c1ccccc1)=C(\C(=O)c1ccccc1)N1C(=O)c2ccccc2C1=O. The van der Waals surface area contributed by atoms with Gasteiger partial charge in [-0.15, -0.1) is 0 Å². The third kappa shape index (κ3) is 4.77. The average Bonchev–Trinajstić information content (AvgIpc) is 3.11. The van der Waals surface area contributed by atoms with Gasteiger partial charge in [-0.1, -0.05) is 72.8 Å². The maximum Gasteiger partial charge on any atom is 0.266 e. The van der Waals surface area contributed by atoms with Gasteiger partial charge in [0, 0.05) is 17.3 Å². The molecular formula is C29H24N2O4. The fourth-order valence-electron chi connectivity index (χ4n) is 3.69.